The van der Waals surface area contributed by atoms with Gasteiger partial charge >= 0.3 is 0 Å². The number of nitrogens with one attached hydrogen (secondary N) is 1. The molecule has 3 unspecified atom stereocenters. The number of aromatic hydroxyl groups is 1. The highest BCUT2D eigenvalue weighted by Crippen LogP contribution is 2.49. The first-order valence-corrected chi connectivity index (χ1v) is 17.5. The molecule has 1 amide bonds. The Labute approximate surface area is 288 Å². The van der Waals surface area contributed by atoms with Gasteiger partial charge in [-0.3, -0.25) is 4.79 Å². The molecule has 3 atom stereocenters. The minimum atomic E-state index is -0.480. The fourth-order valence-electron chi connectivity index (χ4n) is 8.55. The van der Waals surface area contributed by atoms with E-state index in [9.17, 15) is 15.2 Å². The molecular weight excluding hydrogens is 635 g/mol. The highest BCUT2D eigenvalue weighted by molar-refractivity contribution is 6.10. The monoisotopic (exact) mass is 674 g/mol. The van der Waals surface area contributed by atoms with Crippen molar-refractivity contribution < 1.29 is 19.0 Å². The maximum atomic E-state index is 17.7. The number of amides is 1. The number of aromatic nitrogens is 3. The maximum Gasteiger partial charge on any atom is 0.249 e. The molecule has 0 spiro atoms. The Hall–Kier alpha value is -4.83. The molecule has 2 bridgehead atoms. The molecule has 50 heavy (non-hydrogen) atoms. The van der Waals surface area contributed by atoms with Crippen LogP contribution in [-0.2, 0) is 22.5 Å². The van der Waals surface area contributed by atoms with Gasteiger partial charge in [0.05, 0.1) is 30.8 Å². The van der Waals surface area contributed by atoms with Gasteiger partial charge in [-0.15, -0.1) is 0 Å². The fourth-order valence-corrected chi connectivity index (χ4v) is 8.55. The number of hydrogen-bond donors (Lipinski definition) is 2. The van der Waals surface area contributed by atoms with Gasteiger partial charge in [0.15, 0.2) is 11.6 Å². The van der Waals surface area contributed by atoms with Crippen molar-refractivity contribution in [1.82, 2.24) is 29.7 Å². The largest absolute Gasteiger partial charge is 0.508 e. The highest BCUT2D eigenvalue weighted by atomic mass is 19.1. The first-order chi connectivity index (χ1) is 24.3. The van der Waals surface area contributed by atoms with Crippen molar-refractivity contribution >= 4 is 44.4 Å². The van der Waals surface area contributed by atoms with Crippen LogP contribution in [0.25, 0.3) is 43.8 Å². The van der Waals surface area contributed by atoms with Crippen molar-refractivity contribution in [1.29, 1.82) is 5.26 Å². The number of pyridine rings is 1. The van der Waals surface area contributed by atoms with E-state index >= 15 is 4.39 Å². The number of benzene rings is 3. The first kappa shape index (κ1) is 31.2. The van der Waals surface area contributed by atoms with E-state index in [-0.39, 0.29) is 42.3 Å². The molecule has 5 aromatic rings. The van der Waals surface area contributed by atoms with Crippen molar-refractivity contribution in [3.63, 3.8) is 0 Å². The molecule has 5 fully saturated rings. The zero-order chi connectivity index (χ0) is 34.3. The van der Waals surface area contributed by atoms with Gasteiger partial charge in [0.2, 0.25) is 5.91 Å². The molecule has 4 saturated heterocycles. The number of anilines is 1. The van der Waals surface area contributed by atoms with Crippen molar-refractivity contribution in [3.05, 3.63) is 59.7 Å². The lowest BCUT2D eigenvalue weighted by atomic mass is 9.79. The van der Waals surface area contributed by atoms with Gasteiger partial charge in [-0.1, -0.05) is 24.3 Å². The second-order valence-corrected chi connectivity index (χ2v) is 14.4. The molecule has 12 heteroatoms. The summed E-state index contributed by atoms with van der Waals surface area (Å²) in [7, 11) is 4.12. The summed E-state index contributed by atoms with van der Waals surface area (Å²) in [5, 5.41) is 26.4. The number of halogens is 1. The van der Waals surface area contributed by atoms with Gasteiger partial charge in [0.25, 0.3) is 0 Å². The van der Waals surface area contributed by atoms with Crippen LogP contribution in [0, 0.1) is 23.1 Å². The zero-order valence-electron chi connectivity index (χ0n) is 28.2. The third kappa shape index (κ3) is 4.82. The van der Waals surface area contributed by atoms with E-state index in [2.05, 4.69) is 39.8 Å². The van der Waals surface area contributed by atoms with Crippen LogP contribution in [-0.4, -0.2) is 101 Å². The lowest BCUT2D eigenvalue weighted by Gasteiger charge is -2.43. The van der Waals surface area contributed by atoms with Crippen molar-refractivity contribution in [2.75, 3.05) is 58.4 Å². The molecule has 4 aliphatic heterocycles. The van der Waals surface area contributed by atoms with E-state index in [0.29, 0.717) is 71.5 Å². The summed E-state index contributed by atoms with van der Waals surface area (Å²) in [6.45, 7) is 3.68. The molecule has 0 radical (unpaired) electrons. The van der Waals surface area contributed by atoms with Crippen LogP contribution in [0.3, 0.4) is 0 Å². The van der Waals surface area contributed by atoms with E-state index in [1.54, 1.807) is 17.0 Å². The number of nitrogens with zero attached hydrogens (tertiary/aromatic N) is 7. The zero-order valence-corrected chi connectivity index (χ0v) is 28.2. The van der Waals surface area contributed by atoms with E-state index in [1.807, 2.05) is 30.3 Å². The number of phenolic OH excluding ortho intramolecular Hbond substituents is 1. The molecule has 11 nitrogen and oxygen atoms in total. The summed E-state index contributed by atoms with van der Waals surface area (Å²) in [6, 6.07) is 15.9. The summed E-state index contributed by atoms with van der Waals surface area (Å²) in [5.74, 6) is 1.28. The number of phenols is 1. The standard InChI is InChI=1S/C38H39FN8O3/c1-44(2)24-17-46(18-24)38-35-37(47(36-23-14-29(36)41-16-23)30(42-35)19-45-10-11-50-20-31(45)49)28-13-22(7-5-9-40)32(33(39)34(28)43-38)27-15-25(48)12-21-6-3-4-8-26(21)27/h3-4,6,8,12-13,15,23-24,29,36,41,48H,5,7,10-11,14,16-20H2,1-2H3. The van der Waals surface area contributed by atoms with E-state index in [4.69, 9.17) is 14.7 Å². The Morgan fingerprint density at radius 3 is 2.72 bits per heavy atom. The summed E-state index contributed by atoms with van der Waals surface area (Å²) >= 11 is 0. The summed E-state index contributed by atoms with van der Waals surface area (Å²) in [6.07, 6.45) is 1.58. The van der Waals surface area contributed by atoms with Crippen LogP contribution in [0.2, 0.25) is 0 Å². The molecule has 5 aliphatic rings. The SMILES string of the molecule is CN(C)C1CN(c2nc3c(F)c(-c4cc(O)cc5ccccc45)c(CCC#N)cc3c3c2nc(CN2CCOCC2=O)n3C2C3CNC2C3)C1. The number of ether oxygens (including phenoxy) is 1. The fraction of sp³-hybridized carbons (Fsp3) is 0.421. The number of imidazole rings is 1. The molecule has 1 saturated carbocycles. The van der Waals surface area contributed by atoms with Crippen molar-refractivity contribution in [2.24, 2.45) is 5.92 Å². The number of carbonyl (C=O) groups is 1. The molecule has 256 valence electrons. The Balaban J connectivity index is 1.34. The van der Waals surface area contributed by atoms with Crippen molar-refractivity contribution in [3.8, 4) is 22.9 Å². The number of hydrogen-bond acceptors (Lipinski definition) is 9. The number of aryl methyl sites for hydroxylation is 1. The predicted octanol–water partition coefficient (Wildman–Crippen LogP) is 4.35. The number of morpholine rings is 1. The number of carbonyl (C=O) groups excluding carboxylic acids is 1. The topological polar surface area (TPSA) is 123 Å². The van der Waals surface area contributed by atoms with Gasteiger partial charge in [-0.25, -0.2) is 14.4 Å². The third-order valence-electron chi connectivity index (χ3n) is 11.3. The van der Waals surface area contributed by atoms with E-state index in [0.717, 1.165) is 48.2 Å². The molecular formula is C38H39FN8O3. The van der Waals surface area contributed by atoms with Gasteiger partial charge in [0.1, 0.15) is 29.2 Å². The highest BCUT2D eigenvalue weighted by Gasteiger charge is 2.49. The number of likely N-dealkylation sites (N-methyl/N-ethyl adjacent to an activating group) is 1. The molecule has 10 rings (SSSR count). The van der Waals surface area contributed by atoms with Crippen LogP contribution in [0.1, 0.15) is 30.3 Å². The van der Waals surface area contributed by atoms with E-state index in [1.165, 1.54) is 0 Å². The Morgan fingerprint density at radius 2 is 1.98 bits per heavy atom. The normalized spacial score (nSPS) is 22.1. The molecule has 2 aromatic heterocycles. The molecule has 1 aliphatic carbocycles. The second kappa shape index (κ2) is 11.9. The summed E-state index contributed by atoms with van der Waals surface area (Å²) in [5.41, 5.74) is 3.35. The minimum absolute atomic E-state index is 0.0390. The first-order valence-electron chi connectivity index (χ1n) is 17.5. The lowest BCUT2D eigenvalue weighted by molar-refractivity contribution is -0.143. The lowest BCUT2D eigenvalue weighted by Crippen LogP contribution is -2.57. The van der Waals surface area contributed by atoms with Crippen LogP contribution in [0.4, 0.5) is 10.2 Å². The Morgan fingerprint density at radius 1 is 1.14 bits per heavy atom. The average Bonchev–Trinajstić information content (AvgIpc) is 3.81. The molecule has 6 heterocycles. The minimum Gasteiger partial charge on any atom is -0.508 e. The Bertz CT molecular complexity index is 2230. The molecule has 3 aromatic carbocycles. The molecule has 2 N–H and O–H groups in total. The van der Waals surface area contributed by atoms with Crippen LogP contribution in [0.5, 0.6) is 5.75 Å². The third-order valence-corrected chi connectivity index (χ3v) is 11.3. The van der Waals surface area contributed by atoms with Gasteiger partial charge in [-0.2, -0.15) is 5.26 Å². The summed E-state index contributed by atoms with van der Waals surface area (Å²) in [4.78, 5) is 29.6. The maximum absolute atomic E-state index is 17.7. The quantitative estimate of drug-likeness (QED) is 0.248. The van der Waals surface area contributed by atoms with Gasteiger partial charge < -0.3 is 34.4 Å². The van der Waals surface area contributed by atoms with Crippen LogP contribution >= 0.6 is 0 Å². The van der Waals surface area contributed by atoms with Crippen LogP contribution < -0.4 is 10.2 Å². The van der Waals surface area contributed by atoms with Gasteiger partial charge in [-0.05, 0) is 73.0 Å². The van der Waals surface area contributed by atoms with E-state index < -0.39 is 5.82 Å². The number of rotatable bonds is 8. The predicted molar refractivity (Wildman–Crippen MR) is 188 cm³/mol. The smallest absolute Gasteiger partial charge is 0.249 e. The second-order valence-electron chi connectivity index (χ2n) is 14.4. The average molecular weight is 675 g/mol. The summed E-state index contributed by atoms with van der Waals surface area (Å²) < 4.78 is 25.4. The van der Waals surface area contributed by atoms with Crippen molar-refractivity contribution in [2.45, 2.75) is 43.9 Å². The number of nitriles is 1. The Kier molecular flexibility index (Phi) is 7.42. The van der Waals surface area contributed by atoms with Crippen LogP contribution in [0.15, 0.2) is 42.5 Å². The number of fused-ring (bicyclic) bond motifs is 5. The van der Waals surface area contributed by atoms with Gasteiger partial charge in [0, 0.05) is 55.6 Å².